The minimum absolute atomic E-state index is 0.0296. The molecule has 3 atom stereocenters. The van der Waals surface area contributed by atoms with Crippen molar-refractivity contribution in [3.63, 3.8) is 0 Å². The molecule has 0 radical (unpaired) electrons. The fourth-order valence-electron chi connectivity index (χ4n) is 10.9. The Labute approximate surface area is 409 Å². The van der Waals surface area contributed by atoms with E-state index in [2.05, 4.69) is 35.1 Å². The zero-order valence-corrected chi connectivity index (χ0v) is 41.2. The summed E-state index contributed by atoms with van der Waals surface area (Å²) < 4.78 is 67.6. The number of hydrogen-bond donors (Lipinski definition) is 1. The second-order valence-corrected chi connectivity index (χ2v) is 19.9. The van der Waals surface area contributed by atoms with Crippen LogP contribution in [0, 0.1) is 11.8 Å². The minimum atomic E-state index is -5.29. The van der Waals surface area contributed by atoms with Crippen LogP contribution in [-0.4, -0.2) is 93.5 Å². The van der Waals surface area contributed by atoms with Crippen LogP contribution in [0.3, 0.4) is 0 Å². The van der Waals surface area contributed by atoms with E-state index >= 15 is 0 Å². The molecule has 0 saturated heterocycles. The third kappa shape index (κ3) is 12.2. The van der Waals surface area contributed by atoms with E-state index in [0.717, 1.165) is 73.2 Å². The molecule has 1 spiro atoms. The quantitative estimate of drug-likeness (QED) is 0.0682. The molecule has 11 nitrogen and oxygen atoms in total. The molecule has 4 aromatic rings. The average molecular weight is 976 g/mol. The lowest BCUT2D eigenvalue weighted by molar-refractivity contribution is -0.174. The maximum absolute atomic E-state index is 14.5. The Balaban J connectivity index is 1.06. The van der Waals surface area contributed by atoms with Gasteiger partial charge in [-0.05, 0) is 173 Å². The maximum atomic E-state index is 14.5. The number of ether oxygens (including phenoxy) is 4. The predicted octanol–water partition coefficient (Wildman–Crippen LogP) is 10.2. The number of nitrogens with zero attached hydrogens (tertiary/aromatic N) is 3. The second kappa shape index (κ2) is 22.6. The lowest BCUT2D eigenvalue weighted by Gasteiger charge is -2.51. The van der Waals surface area contributed by atoms with Crippen molar-refractivity contribution in [3.05, 3.63) is 112 Å². The maximum Gasteiger partial charge on any atom is 0.471 e. The number of halogens is 4. The van der Waals surface area contributed by atoms with Gasteiger partial charge in [0.15, 0.2) is 0 Å². The highest BCUT2D eigenvalue weighted by Gasteiger charge is 2.60. The summed E-state index contributed by atoms with van der Waals surface area (Å²) >= 11 is 6.29. The van der Waals surface area contributed by atoms with Crippen LogP contribution in [0.1, 0.15) is 106 Å². The first-order valence-corrected chi connectivity index (χ1v) is 24.7. The number of benzene rings is 3. The molecule has 3 aliphatic rings. The van der Waals surface area contributed by atoms with E-state index in [1.54, 1.807) is 0 Å². The van der Waals surface area contributed by atoms with Gasteiger partial charge in [-0.25, -0.2) is 4.79 Å². The topological polar surface area (TPSA) is 120 Å². The third-order valence-electron chi connectivity index (χ3n) is 14.4. The number of esters is 1. The van der Waals surface area contributed by atoms with Crippen molar-refractivity contribution in [3.8, 4) is 17.2 Å². The van der Waals surface area contributed by atoms with E-state index in [1.165, 1.54) is 29.8 Å². The lowest BCUT2D eigenvalue weighted by Crippen LogP contribution is -2.63. The van der Waals surface area contributed by atoms with E-state index < -0.39 is 29.0 Å². The highest BCUT2D eigenvalue weighted by molar-refractivity contribution is 6.31. The summed E-state index contributed by atoms with van der Waals surface area (Å²) in [4.78, 5) is 47.6. The first-order valence-electron chi connectivity index (χ1n) is 24.3. The molecule has 3 aliphatic carbocycles. The molecule has 1 heterocycles. The van der Waals surface area contributed by atoms with E-state index in [1.807, 2.05) is 62.8 Å². The van der Waals surface area contributed by atoms with Crippen molar-refractivity contribution in [1.29, 1.82) is 0 Å². The molecular formula is C54H66ClF3N4O7. The number of aryl methyl sites for hydroxylation is 1. The van der Waals surface area contributed by atoms with Gasteiger partial charge < -0.3 is 29.2 Å². The monoisotopic (exact) mass is 974 g/mol. The van der Waals surface area contributed by atoms with Crippen molar-refractivity contribution in [2.75, 3.05) is 59.0 Å². The molecule has 15 heteroatoms. The molecule has 1 N–H and O–H groups in total. The fraction of sp³-hybridized carbons (Fsp3) is 0.519. The Bertz CT molecular complexity index is 2420. The van der Waals surface area contributed by atoms with Crippen LogP contribution in [-0.2, 0) is 43.8 Å². The summed E-state index contributed by atoms with van der Waals surface area (Å²) in [5, 5.41) is 3.13. The van der Waals surface area contributed by atoms with Gasteiger partial charge in [-0.3, -0.25) is 19.5 Å². The van der Waals surface area contributed by atoms with Gasteiger partial charge in [0.2, 0.25) is 5.91 Å². The molecular weight excluding hydrogens is 909 g/mol. The number of carbonyl (C=O) groups excluding carboxylic acids is 3. The molecule has 0 bridgehead atoms. The van der Waals surface area contributed by atoms with Crippen molar-refractivity contribution in [2.24, 2.45) is 11.8 Å². The number of anilines is 1. The zero-order chi connectivity index (χ0) is 49.3. The Morgan fingerprint density at radius 3 is 2.43 bits per heavy atom. The third-order valence-corrected chi connectivity index (χ3v) is 14.6. The van der Waals surface area contributed by atoms with Crippen LogP contribution in [0.2, 0.25) is 5.02 Å². The normalized spacial score (nSPS) is 21.2. The number of rotatable bonds is 20. The van der Waals surface area contributed by atoms with Crippen molar-refractivity contribution in [2.45, 2.75) is 114 Å². The van der Waals surface area contributed by atoms with E-state index in [0.29, 0.717) is 75.0 Å². The first kappa shape index (κ1) is 51.5. The van der Waals surface area contributed by atoms with E-state index in [9.17, 15) is 27.6 Å². The van der Waals surface area contributed by atoms with Gasteiger partial charge >= 0.3 is 18.1 Å². The van der Waals surface area contributed by atoms with Crippen LogP contribution in [0.5, 0.6) is 17.2 Å². The summed E-state index contributed by atoms with van der Waals surface area (Å²) in [5.41, 5.74) is 2.79. The Morgan fingerprint density at radius 2 is 1.70 bits per heavy atom. The van der Waals surface area contributed by atoms with Gasteiger partial charge in [0.05, 0.1) is 20.3 Å². The largest absolute Gasteiger partial charge is 0.494 e. The Morgan fingerprint density at radius 1 is 0.942 bits per heavy atom. The molecule has 2 amide bonds. The van der Waals surface area contributed by atoms with E-state index in [4.69, 9.17) is 30.5 Å². The standard InChI is InChI=1S/C54H66ClF3N4O7/c1-36(35-69-47-20-26-59-46-15-6-10-37(2)49(46)47)30-40-32-39-17-18-44(67-28-9-16-48(63)60-25-19-38-11-7-14-43(31-38)68-29-27-61(3)4)34-45(39)52(40)21-23-53(24-22-52,51(65)66-5)62(50(64)54(56,57)58)42-13-8-12-41(55)33-42/h7-8,11-14,17-18,20,26,31,33-34,36-37,40H,6,9-10,15-16,19,21-25,27-30,32,35H2,1-5H3,(H,60,63)/t36-,37-,40+,52?,53?/m1/s1. The Hall–Kier alpha value is -5.34. The average Bonchev–Trinajstić information content (AvgIpc) is 3.60. The minimum Gasteiger partial charge on any atom is -0.494 e. The van der Waals surface area contributed by atoms with Crippen molar-refractivity contribution < 1.29 is 46.5 Å². The molecule has 1 saturated carbocycles. The molecule has 0 unspecified atom stereocenters. The Kier molecular flexibility index (Phi) is 16.9. The molecule has 69 heavy (non-hydrogen) atoms. The highest BCUT2D eigenvalue weighted by Crippen LogP contribution is 2.58. The number of likely N-dealkylation sites (N-methyl/N-ethyl adjacent to an activating group) is 1. The fourth-order valence-corrected chi connectivity index (χ4v) is 11.1. The van der Waals surface area contributed by atoms with E-state index in [-0.39, 0.29) is 47.7 Å². The number of carbonyl (C=O) groups is 3. The predicted molar refractivity (Wildman–Crippen MR) is 260 cm³/mol. The van der Waals surface area contributed by atoms with Crippen LogP contribution in [0.4, 0.5) is 18.9 Å². The smallest absolute Gasteiger partial charge is 0.471 e. The van der Waals surface area contributed by atoms with Gasteiger partial charge in [-0.15, -0.1) is 0 Å². The van der Waals surface area contributed by atoms with Crippen LogP contribution in [0.15, 0.2) is 79.0 Å². The number of fused-ring (bicyclic) bond motifs is 3. The highest BCUT2D eigenvalue weighted by atomic mass is 35.5. The molecule has 1 aromatic heterocycles. The van der Waals surface area contributed by atoms with Crippen molar-refractivity contribution >= 4 is 35.1 Å². The number of alkyl halides is 3. The number of methoxy groups -OCH3 is 1. The lowest BCUT2D eigenvalue weighted by atomic mass is 9.59. The summed E-state index contributed by atoms with van der Waals surface area (Å²) in [6.45, 7) is 7.01. The molecule has 372 valence electrons. The van der Waals surface area contributed by atoms with Gasteiger partial charge in [0, 0.05) is 47.7 Å². The number of aromatic nitrogens is 1. The number of nitrogens with one attached hydrogen (secondary N) is 1. The summed E-state index contributed by atoms with van der Waals surface area (Å²) in [5.74, 6) is -0.409. The first-order chi connectivity index (χ1) is 33.0. The van der Waals surface area contributed by atoms with Crippen molar-refractivity contribution in [1.82, 2.24) is 15.2 Å². The van der Waals surface area contributed by atoms with Gasteiger partial charge in [-0.1, -0.05) is 49.7 Å². The second-order valence-electron chi connectivity index (χ2n) is 19.5. The van der Waals surface area contributed by atoms with Gasteiger partial charge in [0.1, 0.15) is 29.4 Å². The van der Waals surface area contributed by atoms with Crippen LogP contribution >= 0.6 is 11.6 Å². The number of pyridine rings is 1. The summed E-state index contributed by atoms with van der Waals surface area (Å²) in [7, 11) is 5.13. The molecule has 0 aliphatic heterocycles. The van der Waals surface area contributed by atoms with Crippen LogP contribution in [0.25, 0.3) is 0 Å². The molecule has 7 rings (SSSR count). The number of hydrogen-bond acceptors (Lipinski definition) is 9. The van der Waals surface area contributed by atoms with Crippen LogP contribution < -0.4 is 24.4 Å². The summed E-state index contributed by atoms with van der Waals surface area (Å²) in [6.07, 6.45) is 2.91. The summed E-state index contributed by atoms with van der Waals surface area (Å²) in [6, 6.07) is 21.4. The van der Waals surface area contributed by atoms with Gasteiger partial charge in [-0.2, -0.15) is 13.2 Å². The number of amides is 2. The van der Waals surface area contributed by atoms with Gasteiger partial charge in [0.25, 0.3) is 0 Å². The molecule has 3 aromatic carbocycles. The zero-order valence-electron chi connectivity index (χ0n) is 40.5. The SMILES string of the molecule is COC(=O)C1(N(C(=O)C(F)(F)F)c2cccc(Cl)c2)CCC2(CC1)c1cc(OCCCC(=O)NCCc3cccc(OCCN(C)C)c3)ccc1C[C@@H]2C[C@@H](C)COc1ccnc2c1[C@H](C)CCC2. The molecule has 1 fully saturated rings.